The van der Waals surface area contributed by atoms with E-state index < -0.39 is 18.2 Å². The summed E-state index contributed by atoms with van der Waals surface area (Å²) < 4.78 is 34.8. The van der Waals surface area contributed by atoms with Crippen LogP contribution in [0.1, 0.15) is 60.2 Å². The van der Waals surface area contributed by atoms with Crippen molar-refractivity contribution in [1.29, 1.82) is 5.26 Å². The Kier molecular flexibility index (Phi) is 6.77. The smallest absolute Gasteiger partial charge is 0.282 e. The first-order valence-corrected chi connectivity index (χ1v) is 11.5. The van der Waals surface area contributed by atoms with Crippen LogP contribution in [0, 0.1) is 18.3 Å². The second-order valence-corrected chi connectivity index (χ2v) is 8.90. The van der Waals surface area contributed by atoms with Crippen LogP contribution in [0.2, 0.25) is 0 Å². The minimum atomic E-state index is -2.87. The van der Waals surface area contributed by atoms with E-state index in [4.69, 9.17) is 10.5 Å². The molecule has 0 saturated carbocycles. The number of fused-ring (bicyclic) bond motifs is 1. The van der Waals surface area contributed by atoms with E-state index in [9.17, 15) is 18.8 Å². The van der Waals surface area contributed by atoms with Gasteiger partial charge in [-0.1, -0.05) is 0 Å². The summed E-state index contributed by atoms with van der Waals surface area (Å²) in [6.07, 6.45) is -1.67. The lowest BCUT2D eigenvalue weighted by Crippen LogP contribution is -2.54. The van der Waals surface area contributed by atoms with Crippen molar-refractivity contribution in [2.24, 2.45) is 0 Å². The molecule has 0 radical (unpaired) electrons. The third kappa shape index (κ3) is 3.99. The molecule has 1 aromatic carbocycles. The lowest BCUT2D eigenvalue weighted by Gasteiger charge is -2.43. The Morgan fingerprint density at radius 3 is 2.61 bits per heavy atom. The molecule has 36 heavy (non-hydrogen) atoms. The van der Waals surface area contributed by atoms with Crippen LogP contribution >= 0.6 is 0 Å². The topological polar surface area (TPSA) is 135 Å². The fourth-order valence-electron chi connectivity index (χ4n) is 4.91. The largest absolute Gasteiger partial charge is 0.496 e. The first-order valence-electron chi connectivity index (χ1n) is 11.5. The van der Waals surface area contributed by atoms with E-state index in [2.05, 4.69) is 26.5 Å². The molecular formula is C24H28F2N8O2. The monoisotopic (exact) mass is 498 g/mol. The molecule has 1 aliphatic heterocycles. The third-order valence-electron chi connectivity index (χ3n) is 7.00. The van der Waals surface area contributed by atoms with E-state index in [0.717, 1.165) is 11.1 Å². The van der Waals surface area contributed by atoms with Crippen LogP contribution in [0.15, 0.2) is 12.4 Å². The lowest BCUT2D eigenvalue weighted by molar-refractivity contribution is -0.127. The highest BCUT2D eigenvalue weighted by Crippen LogP contribution is 2.43. The maximum atomic E-state index is 13.8. The van der Waals surface area contributed by atoms with Crippen LogP contribution in [0.4, 0.5) is 14.6 Å². The standard InChI is InChI=1S/C24H28F2N8O2/c1-11-14(7-27)6-16(20(36-5)17(11)15-8-33(9-15)13(3)24(35)29-4)12(2)34-23-18(19(32-34)21(25)26)22(28)30-10-31-23/h6,10,12-13,15,21H,8-9H2,1-5H3,(H,29,35)(H2,28,30,31)/t12?,13-/m1/s1. The molecule has 0 spiro atoms. The molecule has 2 aromatic heterocycles. The van der Waals surface area contributed by atoms with Gasteiger partial charge in [-0.05, 0) is 32.4 Å². The summed E-state index contributed by atoms with van der Waals surface area (Å²) in [5, 5.41) is 16.7. The summed E-state index contributed by atoms with van der Waals surface area (Å²) in [5.41, 5.74) is 8.26. The Bertz CT molecular complexity index is 1360. The molecular weight excluding hydrogens is 470 g/mol. The van der Waals surface area contributed by atoms with Gasteiger partial charge in [0.15, 0.2) is 5.65 Å². The number of carbonyl (C=O) groups excluding carboxylic acids is 1. The minimum Gasteiger partial charge on any atom is -0.496 e. The Morgan fingerprint density at radius 2 is 2.03 bits per heavy atom. The molecule has 0 bridgehead atoms. The van der Waals surface area contributed by atoms with E-state index in [0.29, 0.717) is 30.0 Å². The van der Waals surface area contributed by atoms with Crippen molar-refractivity contribution in [3.63, 3.8) is 0 Å². The van der Waals surface area contributed by atoms with Gasteiger partial charge in [0.05, 0.1) is 36.2 Å². The number of hydrogen-bond donors (Lipinski definition) is 2. The minimum absolute atomic E-state index is 0.00369. The van der Waals surface area contributed by atoms with E-state index >= 15 is 0 Å². The van der Waals surface area contributed by atoms with E-state index in [1.807, 2.05) is 18.7 Å². The van der Waals surface area contributed by atoms with Gasteiger partial charge >= 0.3 is 0 Å². The molecule has 3 heterocycles. The first-order chi connectivity index (χ1) is 17.1. The van der Waals surface area contributed by atoms with E-state index in [1.54, 1.807) is 20.0 Å². The number of hydrogen-bond acceptors (Lipinski definition) is 8. The number of nitriles is 1. The molecule has 1 amide bonds. The van der Waals surface area contributed by atoms with Gasteiger partial charge < -0.3 is 15.8 Å². The number of rotatable bonds is 7. The molecule has 1 saturated heterocycles. The number of methoxy groups -OCH3 is 1. The van der Waals surface area contributed by atoms with Crippen molar-refractivity contribution in [1.82, 2.24) is 30.0 Å². The molecule has 2 atom stereocenters. The van der Waals surface area contributed by atoms with Crippen molar-refractivity contribution in [3.05, 3.63) is 40.3 Å². The zero-order valence-corrected chi connectivity index (χ0v) is 20.7. The summed E-state index contributed by atoms with van der Waals surface area (Å²) in [6, 6.07) is 3.04. The van der Waals surface area contributed by atoms with Crippen molar-refractivity contribution in [3.8, 4) is 11.8 Å². The number of nitrogens with zero attached hydrogens (tertiary/aromatic N) is 6. The number of nitrogens with one attached hydrogen (secondary N) is 1. The molecule has 1 fully saturated rings. The van der Waals surface area contributed by atoms with Gasteiger partial charge in [-0.3, -0.25) is 9.69 Å². The van der Waals surface area contributed by atoms with Gasteiger partial charge in [-0.25, -0.2) is 23.4 Å². The number of benzene rings is 1. The normalized spacial score (nSPS) is 16.0. The first kappa shape index (κ1) is 25.2. The Morgan fingerprint density at radius 1 is 1.33 bits per heavy atom. The number of anilines is 1. The number of carbonyl (C=O) groups is 1. The van der Waals surface area contributed by atoms with Crippen molar-refractivity contribution in [2.45, 2.75) is 45.2 Å². The number of nitrogens with two attached hydrogens (primary N) is 1. The molecule has 1 unspecified atom stereocenters. The van der Waals surface area contributed by atoms with E-state index in [1.165, 1.54) is 18.1 Å². The number of alkyl halides is 2. The highest BCUT2D eigenvalue weighted by molar-refractivity contribution is 5.88. The number of amides is 1. The maximum absolute atomic E-state index is 13.8. The van der Waals surface area contributed by atoms with Crippen LogP contribution in [-0.4, -0.2) is 63.8 Å². The second kappa shape index (κ2) is 9.66. The molecule has 1 aliphatic rings. The predicted octanol–water partition coefficient (Wildman–Crippen LogP) is 2.68. The van der Waals surface area contributed by atoms with Crippen LogP contribution in [0.3, 0.4) is 0 Å². The quantitative estimate of drug-likeness (QED) is 0.508. The average Bonchev–Trinajstić information content (AvgIpc) is 3.24. The molecule has 12 heteroatoms. The molecule has 3 aromatic rings. The van der Waals surface area contributed by atoms with Crippen molar-refractivity contribution < 1.29 is 18.3 Å². The molecule has 4 rings (SSSR count). The number of aromatic nitrogens is 4. The number of ether oxygens (including phenoxy) is 1. The Labute approximate surface area is 207 Å². The molecule has 3 N–H and O–H groups in total. The SMILES string of the molecule is CNC(=O)[C@@H](C)N1CC(c2c(C)c(C#N)cc(C(C)n3nc(C(F)F)c4c(N)ncnc43)c2OC)C1. The highest BCUT2D eigenvalue weighted by Gasteiger charge is 2.38. The zero-order valence-electron chi connectivity index (χ0n) is 20.7. The maximum Gasteiger partial charge on any atom is 0.282 e. The Balaban J connectivity index is 1.82. The third-order valence-corrected chi connectivity index (χ3v) is 7.00. The van der Waals surface area contributed by atoms with Crippen molar-refractivity contribution >= 4 is 22.8 Å². The molecule has 10 nitrogen and oxygen atoms in total. The van der Waals surface area contributed by atoms with Crippen LogP contribution in [-0.2, 0) is 4.79 Å². The fraction of sp³-hybridized carbons (Fsp3) is 0.458. The highest BCUT2D eigenvalue weighted by atomic mass is 19.3. The van der Waals surface area contributed by atoms with Crippen molar-refractivity contribution in [2.75, 3.05) is 33.0 Å². The van der Waals surface area contributed by atoms with Crippen LogP contribution < -0.4 is 15.8 Å². The number of likely N-dealkylation sites (N-methyl/N-ethyl adjacent to an activating group) is 1. The van der Waals surface area contributed by atoms with E-state index in [-0.39, 0.29) is 34.7 Å². The second-order valence-electron chi connectivity index (χ2n) is 8.90. The summed E-state index contributed by atoms with van der Waals surface area (Å²) >= 11 is 0. The van der Waals surface area contributed by atoms with Gasteiger partial charge in [0, 0.05) is 37.2 Å². The predicted molar refractivity (Wildman–Crippen MR) is 129 cm³/mol. The van der Waals surface area contributed by atoms with Gasteiger partial charge in [0.2, 0.25) is 5.91 Å². The van der Waals surface area contributed by atoms with Gasteiger partial charge in [-0.2, -0.15) is 10.4 Å². The zero-order chi connectivity index (χ0) is 26.3. The summed E-state index contributed by atoms with van der Waals surface area (Å²) in [7, 11) is 3.14. The summed E-state index contributed by atoms with van der Waals surface area (Å²) in [5.74, 6) is 0.428. The number of nitrogen functional groups attached to an aromatic ring is 1. The van der Waals surface area contributed by atoms with Gasteiger partial charge in [0.25, 0.3) is 6.43 Å². The summed E-state index contributed by atoms with van der Waals surface area (Å²) in [6.45, 7) is 6.70. The van der Waals surface area contributed by atoms with Crippen LogP contribution in [0.5, 0.6) is 5.75 Å². The van der Waals surface area contributed by atoms with Crippen LogP contribution in [0.25, 0.3) is 11.0 Å². The lowest BCUT2D eigenvalue weighted by atomic mass is 9.82. The Hall–Kier alpha value is -3.85. The molecule has 190 valence electrons. The van der Waals surface area contributed by atoms with Gasteiger partial charge in [-0.15, -0.1) is 0 Å². The van der Waals surface area contributed by atoms with Gasteiger partial charge in [0.1, 0.15) is 23.6 Å². The molecule has 0 aliphatic carbocycles. The fourth-order valence-corrected chi connectivity index (χ4v) is 4.91. The average molecular weight is 499 g/mol. The number of halogens is 2. The summed E-state index contributed by atoms with van der Waals surface area (Å²) in [4.78, 5) is 22.1. The number of likely N-dealkylation sites (tertiary alicyclic amines) is 1.